The van der Waals surface area contributed by atoms with Gasteiger partial charge in [0.1, 0.15) is 6.10 Å². The van der Waals surface area contributed by atoms with Gasteiger partial charge in [-0.3, -0.25) is 4.79 Å². The Morgan fingerprint density at radius 3 is 2.76 bits per heavy atom. The molecule has 1 aliphatic heterocycles. The average Bonchev–Trinajstić information content (AvgIpc) is 2.73. The van der Waals surface area contributed by atoms with Crippen LogP contribution in [0.15, 0.2) is 36.4 Å². The number of aryl methyl sites for hydroxylation is 1. The minimum absolute atomic E-state index is 0.0649. The largest absolute Gasteiger partial charge is 0.384 e. The minimum Gasteiger partial charge on any atom is -0.384 e. The van der Waals surface area contributed by atoms with Crippen LogP contribution in [0.3, 0.4) is 0 Å². The van der Waals surface area contributed by atoms with Crippen molar-refractivity contribution >= 4 is 23.2 Å². The second-order valence-electron chi connectivity index (χ2n) is 5.49. The average molecular weight is 302 g/mol. The van der Waals surface area contributed by atoms with Crippen molar-refractivity contribution < 1.29 is 9.90 Å². The zero-order valence-corrected chi connectivity index (χ0v) is 12.6. The minimum atomic E-state index is -0.817. The third-order valence-electron chi connectivity index (χ3n) is 3.92. The number of benzene rings is 2. The quantitative estimate of drug-likeness (QED) is 0.886. The van der Waals surface area contributed by atoms with Crippen LogP contribution in [0.5, 0.6) is 0 Å². The molecule has 0 radical (unpaired) electrons. The summed E-state index contributed by atoms with van der Waals surface area (Å²) in [4.78, 5) is 11.9. The SMILES string of the molecule is Cc1cccc(C(O)c2cc(Cl)cc3c2NC(=O)C3C)c1. The number of hydrogen-bond acceptors (Lipinski definition) is 2. The number of fused-ring (bicyclic) bond motifs is 1. The van der Waals surface area contributed by atoms with Crippen LogP contribution >= 0.6 is 11.6 Å². The summed E-state index contributed by atoms with van der Waals surface area (Å²) in [6.45, 7) is 3.81. The van der Waals surface area contributed by atoms with Gasteiger partial charge in [-0.1, -0.05) is 41.4 Å². The number of aliphatic hydroxyl groups excluding tert-OH is 1. The molecular weight excluding hydrogens is 286 g/mol. The van der Waals surface area contributed by atoms with Crippen molar-refractivity contribution in [1.82, 2.24) is 0 Å². The van der Waals surface area contributed by atoms with Crippen LogP contribution < -0.4 is 5.32 Å². The topological polar surface area (TPSA) is 49.3 Å². The molecule has 4 heteroatoms. The lowest BCUT2D eigenvalue weighted by Crippen LogP contribution is -2.09. The Balaban J connectivity index is 2.11. The first-order valence-corrected chi connectivity index (χ1v) is 7.24. The van der Waals surface area contributed by atoms with E-state index in [0.717, 1.165) is 16.7 Å². The summed E-state index contributed by atoms with van der Waals surface area (Å²) < 4.78 is 0. The Kier molecular flexibility index (Phi) is 3.47. The number of amides is 1. The normalized spacial score (nSPS) is 18.3. The molecule has 0 spiro atoms. The van der Waals surface area contributed by atoms with Gasteiger partial charge in [-0.2, -0.15) is 0 Å². The second-order valence-corrected chi connectivity index (χ2v) is 5.92. The van der Waals surface area contributed by atoms with E-state index in [1.165, 1.54) is 0 Å². The Bertz CT molecular complexity index is 727. The van der Waals surface area contributed by atoms with Crippen LogP contribution in [-0.4, -0.2) is 11.0 Å². The Morgan fingerprint density at radius 2 is 2.05 bits per heavy atom. The van der Waals surface area contributed by atoms with Gasteiger partial charge in [0.15, 0.2) is 0 Å². The summed E-state index contributed by atoms with van der Waals surface area (Å²) in [5.41, 5.74) is 4.02. The standard InChI is InChI=1S/C17H16ClNO2/c1-9-4-3-5-11(6-9)16(20)14-8-12(18)7-13-10(2)17(21)19-15(13)14/h3-8,10,16,20H,1-2H3,(H,19,21). The van der Waals surface area contributed by atoms with E-state index < -0.39 is 6.10 Å². The van der Waals surface area contributed by atoms with Crippen molar-refractivity contribution in [2.75, 3.05) is 5.32 Å². The first kappa shape index (κ1) is 14.1. The third-order valence-corrected chi connectivity index (χ3v) is 4.14. The van der Waals surface area contributed by atoms with Crippen LogP contribution in [0.4, 0.5) is 5.69 Å². The van der Waals surface area contributed by atoms with E-state index in [1.807, 2.05) is 38.1 Å². The molecule has 3 nitrogen and oxygen atoms in total. The maximum atomic E-state index is 11.9. The van der Waals surface area contributed by atoms with Crippen LogP contribution in [0.2, 0.25) is 5.02 Å². The van der Waals surface area contributed by atoms with E-state index in [2.05, 4.69) is 5.32 Å². The molecule has 0 saturated heterocycles. The predicted octanol–water partition coefficient (Wildman–Crippen LogP) is 3.79. The molecule has 2 unspecified atom stereocenters. The fraction of sp³-hybridized carbons (Fsp3) is 0.235. The molecule has 2 N–H and O–H groups in total. The maximum Gasteiger partial charge on any atom is 0.231 e. The van der Waals surface area contributed by atoms with Crippen molar-refractivity contribution in [2.45, 2.75) is 25.9 Å². The number of anilines is 1. The van der Waals surface area contributed by atoms with Gasteiger partial charge in [0.25, 0.3) is 0 Å². The van der Waals surface area contributed by atoms with Gasteiger partial charge >= 0.3 is 0 Å². The Morgan fingerprint density at radius 1 is 1.29 bits per heavy atom. The molecule has 2 aromatic rings. The van der Waals surface area contributed by atoms with Crippen LogP contribution in [0.25, 0.3) is 0 Å². The highest BCUT2D eigenvalue weighted by Crippen LogP contribution is 2.41. The molecule has 0 aliphatic carbocycles. The van der Waals surface area contributed by atoms with Gasteiger partial charge in [0, 0.05) is 10.6 Å². The highest BCUT2D eigenvalue weighted by Gasteiger charge is 2.31. The first-order valence-electron chi connectivity index (χ1n) is 6.86. The van der Waals surface area contributed by atoms with E-state index in [1.54, 1.807) is 12.1 Å². The van der Waals surface area contributed by atoms with Gasteiger partial charge in [0.05, 0.1) is 11.6 Å². The number of nitrogens with one attached hydrogen (secondary N) is 1. The number of aliphatic hydroxyl groups is 1. The van der Waals surface area contributed by atoms with Crippen molar-refractivity contribution in [3.05, 3.63) is 63.7 Å². The molecule has 1 aliphatic rings. The monoisotopic (exact) mass is 301 g/mol. The third kappa shape index (κ3) is 2.43. The summed E-state index contributed by atoms with van der Waals surface area (Å²) in [5, 5.41) is 14.0. The fourth-order valence-electron chi connectivity index (χ4n) is 2.74. The predicted molar refractivity (Wildman–Crippen MR) is 83.7 cm³/mol. The lowest BCUT2D eigenvalue weighted by Gasteiger charge is -2.16. The molecule has 0 saturated carbocycles. The molecule has 0 bridgehead atoms. The molecule has 21 heavy (non-hydrogen) atoms. The molecule has 2 atom stereocenters. The van der Waals surface area contributed by atoms with Gasteiger partial charge in [0.2, 0.25) is 5.91 Å². The van der Waals surface area contributed by atoms with Crippen molar-refractivity contribution in [2.24, 2.45) is 0 Å². The lowest BCUT2D eigenvalue weighted by atomic mass is 9.94. The molecule has 1 heterocycles. The zero-order valence-electron chi connectivity index (χ0n) is 11.9. The smallest absolute Gasteiger partial charge is 0.231 e. The highest BCUT2D eigenvalue weighted by molar-refractivity contribution is 6.31. The summed E-state index contributed by atoms with van der Waals surface area (Å²) in [6, 6.07) is 11.2. The summed E-state index contributed by atoms with van der Waals surface area (Å²) in [7, 11) is 0. The molecule has 108 valence electrons. The van der Waals surface area contributed by atoms with Gasteiger partial charge in [-0.05, 0) is 37.1 Å². The van der Waals surface area contributed by atoms with Crippen LogP contribution in [0, 0.1) is 6.92 Å². The second kappa shape index (κ2) is 5.17. The van der Waals surface area contributed by atoms with E-state index in [0.29, 0.717) is 16.3 Å². The summed E-state index contributed by atoms with van der Waals surface area (Å²) >= 11 is 6.15. The Hall–Kier alpha value is -1.84. The van der Waals surface area contributed by atoms with Gasteiger partial charge in [-0.15, -0.1) is 0 Å². The number of carbonyl (C=O) groups excluding carboxylic acids is 1. The van der Waals surface area contributed by atoms with E-state index in [4.69, 9.17) is 11.6 Å². The van der Waals surface area contributed by atoms with Gasteiger partial charge < -0.3 is 10.4 Å². The van der Waals surface area contributed by atoms with E-state index >= 15 is 0 Å². The highest BCUT2D eigenvalue weighted by atomic mass is 35.5. The number of rotatable bonds is 2. The zero-order chi connectivity index (χ0) is 15.1. The van der Waals surface area contributed by atoms with E-state index in [9.17, 15) is 9.90 Å². The van der Waals surface area contributed by atoms with Crippen LogP contribution in [-0.2, 0) is 4.79 Å². The van der Waals surface area contributed by atoms with Crippen molar-refractivity contribution in [3.63, 3.8) is 0 Å². The molecule has 1 amide bonds. The molecule has 0 aromatic heterocycles. The Labute approximate surface area is 128 Å². The number of hydrogen-bond donors (Lipinski definition) is 2. The number of halogens is 1. The molecule has 2 aromatic carbocycles. The molecule has 0 fully saturated rings. The first-order chi connectivity index (χ1) is 9.97. The summed E-state index contributed by atoms with van der Waals surface area (Å²) in [5.74, 6) is -0.313. The number of carbonyl (C=O) groups is 1. The lowest BCUT2D eigenvalue weighted by molar-refractivity contribution is -0.116. The van der Waals surface area contributed by atoms with Crippen molar-refractivity contribution in [3.8, 4) is 0 Å². The molecular formula is C17H16ClNO2. The van der Waals surface area contributed by atoms with Crippen LogP contribution in [0.1, 0.15) is 41.2 Å². The van der Waals surface area contributed by atoms with Crippen molar-refractivity contribution in [1.29, 1.82) is 0 Å². The van der Waals surface area contributed by atoms with E-state index in [-0.39, 0.29) is 11.8 Å². The van der Waals surface area contributed by atoms with Gasteiger partial charge in [-0.25, -0.2) is 0 Å². The fourth-order valence-corrected chi connectivity index (χ4v) is 2.98. The summed E-state index contributed by atoms with van der Waals surface area (Å²) in [6.07, 6.45) is -0.817. The molecule has 3 rings (SSSR count). The maximum absolute atomic E-state index is 11.9.